The first kappa shape index (κ1) is 10.6. The molecular weight excluding hydrogens is 178 g/mol. The molecule has 4 nitrogen and oxygen atoms in total. The maximum atomic E-state index is 11.1. The number of nitrogens with zero attached hydrogens (tertiary/aromatic N) is 3. The highest BCUT2D eigenvalue weighted by atomic mass is 16.2. The Hall–Kier alpha value is -1.45. The third-order valence-electron chi connectivity index (χ3n) is 1.99. The van der Waals surface area contributed by atoms with Gasteiger partial charge in [-0.1, -0.05) is 13.8 Å². The largest absolute Gasteiger partial charge is 0.300 e. The van der Waals surface area contributed by atoms with Crippen molar-refractivity contribution in [1.82, 2.24) is 9.97 Å². The molecule has 0 aromatic carbocycles. The van der Waals surface area contributed by atoms with Crippen LogP contribution < -0.4 is 4.90 Å². The van der Waals surface area contributed by atoms with Crippen LogP contribution in [0, 0.1) is 0 Å². The summed E-state index contributed by atoms with van der Waals surface area (Å²) in [6.07, 6.45) is 1.68. The van der Waals surface area contributed by atoms with E-state index >= 15 is 0 Å². The van der Waals surface area contributed by atoms with Gasteiger partial charge < -0.3 is 4.90 Å². The molecule has 0 radical (unpaired) electrons. The monoisotopic (exact) mass is 193 g/mol. The van der Waals surface area contributed by atoms with Crippen LogP contribution in [0.3, 0.4) is 0 Å². The summed E-state index contributed by atoms with van der Waals surface area (Å²) < 4.78 is 0. The summed E-state index contributed by atoms with van der Waals surface area (Å²) in [5, 5.41) is 0. The minimum absolute atomic E-state index is 0.0293. The summed E-state index contributed by atoms with van der Waals surface area (Å²) in [5.41, 5.74) is 0. The zero-order valence-electron chi connectivity index (χ0n) is 8.98. The summed E-state index contributed by atoms with van der Waals surface area (Å²) in [4.78, 5) is 21.0. The van der Waals surface area contributed by atoms with E-state index in [0.717, 1.165) is 5.82 Å². The highest BCUT2D eigenvalue weighted by Crippen LogP contribution is 2.13. The van der Waals surface area contributed by atoms with Crippen molar-refractivity contribution in [3.63, 3.8) is 0 Å². The van der Waals surface area contributed by atoms with Gasteiger partial charge in [0, 0.05) is 26.1 Å². The summed E-state index contributed by atoms with van der Waals surface area (Å²) >= 11 is 0. The number of aromatic nitrogens is 2. The molecule has 0 unspecified atom stereocenters. The number of amides is 1. The Morgan fingerprint density at radius 1 is 1.50 bits per heavy atom. The Kier molecular flexibility index (Phi) is 3.17. The Bertz CT molecular complexity index is 336. The maximum absolute atomic E-state index is 11.1. The summed E-state index contributed by atoms with van der Waals surface area (Å²) in [5.74, 6) is 1.65. The standard InChI is InChI=1S/C10H15N3O/c1-7(2)10-11-6-5-9(12-10)13(4)8(3)14/h5-7H,1-4H3. The van der Waals surface area contributed by atoms with Crippen molar-refractivity contribution in [3.8, 4) is 0 Å². The van der Waals surface area contributed by atoms with Gasteiger partial charge in [-0.2, -0.15) is 0 Å². The second-order valence-electron chi connectivity index (χ2n) is 3.51. The van der Waals surface area contributed by atoms with Crippen molar-refractivity contribution < 1.29 is 4.79 Å². The van der Waals surface area contributed by atoms with E-state index in [0.29, 0.717) is 5.82 Å². The maximum Gasteiger partial charge on any atom is 0.224 e. The van der Waals surface area contributed by atoms with Crippen molar-refractivity contribution >= 4 is 11.7 Å². The molecule has 0 saturated carbocycles. The molecule has 0 bridgehead atoms. The predicted molar refractivity (Wildman–Crippen MR) is 55.2 cm³/mol. The van der Waals surface area contributed by atoms with E-state index in [9.17, 15) is 4.79 Å². The van der Waals surface area contributed by atoms with Gasteiger partial charge in [0.2, 0.25) is 5.91 Å². The lowest BCUT2D eigenvalue weighted by Crippen LogP contribution is -2.24. The Morgan fingerprint density at radius 2 is 2.14 bits per heavy atom. The Labute approximate surface area is 84.0 Å². The van der Waals surface area contributed by atoms with Crippen LogP contribution in [0.2, 0.25) is 0 Å². The first-order chi connectivity index (χ1) is 6.52. The molecule has 0 fully saturated rings. The van der Waals surface area contributed by atoms with Gasteiger partial charge in [-0.15, -0.1) is 0 Å². The topological polar surface area (TPSA) is 46.1 Å². The number of carbonyl (C=O) groups excluding carboxylic acids is 1. The van der Waals surface area contributed by atoms with E-state index in [2.05, 4.69) is 9.97 Å². The van der Waals surface area contributed by atoms with Crippen molar-refractivity contribution in [2.24, 2.45) is 0 Å². The van der Waals surface area contributed by atoms with Crippen LogP contribution in [0.15, 0.2) is 12.3 Å². The smallest absolute Gasteiger partial charge is 0.224 e. The van der Waals surface area contributed by atoms with E-state index in [-0.39, 0.29) is 11.8 Å². The highest BCUT2D eigenvalue weighted by molar-refractivity contribution is 5.89. The van der Waals surface area contributed by atoms with Gasteiger partial charge in [-0.3, -0.25) is 4.79 Å². The van der Waals surface area contributed by atoms with Crippen LogP contribution in [0.5, 0.6) is 0 Å². The van der Waals surface area contributed by atoms with Crippen LogP contribution in [-0.2, 0) is 4.79 Å². The number of hydrogen-bond donors (Lipinski definition) is 0. The molecule has 1 heterocycles. The molecule has 4 heteroatoms. The molecule has 1 aromatic heterocycles. The van der Waals surface area contributed by atoms with E-state index in [4.69, 9.17) is 0 Å². The van der Waals surface area contributed by atoms with Crippen LogP contribution in [-0.4, -0.2) is 22.9 Å². The number of carbonyl (C=O) groups is 1. The minimum Gasteiger partial charge on any atom is -0.300 e. The van der Waals surface area contributed by atoms with Gasteiger partial charge in [0.05, 0.1) is 0 Å². The zero-order chi connectivity index (χ0) is 10.7. The van der Waals surface area contributed by atoms with Gasteiger partial charge in [0.15, 0.2) is 0 Å². The molecule has 0 aliphatic rings. The van der Waals surface area contributed by atoms with Crippen molar-refractivity contribution in [2.75, 3.05) is 11.9 Å². The number of rotatable bonds is 2. The quantitative estimate of drug-likeness (QED) is 0.716. The predicted octanol–water partition coefficient (Wildman–Crippen LogP) is 1.58. The molecule has 0 N–H and O–H groups in total. The van der Waals surface area contributed by atoms with Gasteiger partial charge >= 0.3 is 0 Å². The minimum atomic E-state index is -0.0293. The first-order valence-corrected chi connectivity index (χ1v) is 4.59. The molecule has 0 aliphatic carbocycles. The van der Waals surface area contributed by atoms with Crippen LogP contribution in [0.4, 0.5) is 5.82 Å². The van der Waals surface area contributed by atoms with E-state index in [1.165, 1.54) is 11.8 Å². The van der Waals surface area contributed by atoms with Crippen LogP contribution in [0.25, 0.3) is 0 Å². The molecule has 0 atom stereocenters. The zero-order valence-corrected chi connectivity index (χ0v) is 8.98. The first-order valence-electron chi connectivity index (χ1n) is 4.59. The second kappa shape index (κ2) is 4.17. The number of hydrogen-bond acceptors (Lipinski definition) is 3. The van der Waals surface area contributed by atoms with Crippen molar-refractivity contribution in [2.45, 2.75) is 26.7 Å². The van der Waals surface area contributed by atoms with Crippen molar-refractivity contribution in [1.29, 1.82) is 0 Å². The average Bonchev–Trinajstić information content (AvgIpc) is 2.16. The fourth-order valence-corrected chi connectivity index (χ4v) is 0.990. The molecule has 14 heavy (non-hydrogen) atoms. The normalized spacial score (nSPS) is 10.4. The van der Waals surface area contributed by atoms with E-state index < -0.39 is 0 Å². The molecule has 0 saturated heterocycles. The third kappa shape index (κ3) is 2.28. The van der Waals surface area contributed by atoms with E-state index in [1.807, 2.05) is 13.8 Å². The molecule has 1 amide bonds. The van der Waals surface area contributed by atoms with Crippen LogP contribution >= 0.6 is 0 Å². The third-order valence-corrected chi connectivity index (χ3v) is 1.99. The molecule has 76 valence electrons. The molecule has 1 rings (SSSR count). The summed E-state index contributed by atoms with van der Waals surface area (Å²) in [7, 11) is 1.70. The van der Waals surface area contributed by atoms with Gasteiger partial charge in [0.1, 0.15) is 11.6 Å². The lowest BCUT2D eigenvalue weighted by atomic mass is 10.2. The van der Waals surface area contributed by atoms with Crippen molar-refractivity contribution in [3.05, 3.63) is 18.1 Å². The lowest BCUT2D eigenvalue weighted by Gasteiger charge is -2.14. The van der Waals surface area contributed by atoms with Gasteiger partial charge in [-0.25, -0.2) is 9.97 Å². The lowest BCUT2D eigenvalue weighted by molar-refractivity contribution is -0.116. The second-order valence-corrected chi connectivity index (χ2v) is 3.51. The summed E-state index contributed by atoms with van der Waals surface area (Å²) in [6, 6.07) is 1.73. The molecular formula is C10H15N3O. The average molecular weight is 193 g/mol. The van der Waals surface area contributed by atoms with Crippen LogP contribution in [0.1, 0.15) is 32.5 Å². The van der Waals surface area contributed by atoms with Gasteiger partial charge in [0.25, 0.3) is 0 Å². The Balaban J connectivity index is 2.99. The molecule has 1 aromatic rings. The molecule has 0 aliphatic heterocycles. The fourth-order valence-electron chi connectivity index (χ4n) is 0.990. The highest BCUT2D eigenvalue weighted by Gasteiger charge is 2.09. The number of anilines is 1. The summed E-state index contributed by atoms with van der Waals surface area (Å²) in [6.45, 7) is 5.55. The van der Waals surface area contributed by atoms with Gasteiger partial charge in [-0.05, 0) is 6.07 Å². The fraction of sp³-hybridized carbons (Fsp3) is 0.500. The molecule has 0 spiro atoms. The van der Waals surface area contributed by atoms with E-state index in [1.54, 1.807) is 19.3 Å². The Morgan fingerprint density at radius 3 is 2.64 bits per heavy atom. The SMILES string of the molecule is CC(=O)N(C)c1ccnc(C(C)C)n1.